The molecule has 1 aromatic carbocycles. The molecule has 2 aliphatic rings. The van der Waals surface area contributed by atoms with Gasteiger partial charge in [0.25, 0.3) is 0 Å². The van der Waals surface area contributed by atoms with Crippen molar-refractivity contribution in [3.63, 3.8) is 0 Å². The number of ether oxygens (including phenoxy) is 3. The fourth-order valence-electron chi connectivity index (χ4n) is 2.83. The lowest BCUT2D eigenvalue weighted by Crippen LogP contribution is -2.27. The van der Waals surface area contributed by atoms with Crippen LogP contribution in [0.4, 0.5) is 0 Å². The van der Waals surface area contributed by atoms with E-state index in [1.54, 1.807) is 0 Å². The topological polar surface area (TPSA) is 39.7 Å². The van der Waals surface area contributed by atoms with Gasteiger partial charge in [-0.2, -0.15) is 0 Å². The molecule has 2 aliphatic heterocycles. The molecule has 2 heterocycles. The van der Waals surface area contributed by atoms with Crippen LogP contribution < -0.4 is 14.8 Å². The van der Waals surface area contributed by atoms with E-state index in [0.717, 1.165) is 37.6 Å². The monoisotopic (exact) mass is 263 g/mol. The molecule has 0 aliphatic carbocycles. The van der Waals surface area contributed by atoms with E-state index in [1.165, 1.54) is 12.0 Å². The number of hydrogen-bond acceptors (Lipinski definition) is 4. The summed E-state index contributed by atoms with van der Waals surface area (Å²) < 4.78 is 16.4. The summed E-state index contributed by atoms with van der Waals surface area (Å²) in [5.41, 5.74) is 1.23. The molecule has 1 fully saturated rings. The Balaban J connectivity index is 1.50. The minimum Gasteiger partial charge on any atom is -0.454 e. The molecule has 0 aromatic heterocycles. The summed E-state index contributed by atoms with van der Waals surface area (Å²) in [6, 6.07) is 6.12. The van der Waals surface area contributed by atoms with Crippen LogP contribution in [0, 0.1) is 5.92 Å². The van der Waals surface area contributed by atoms with Crippen molar-refractivity contribution in [1.29, 1.82) is 0 Å². The van der Waals surface area contributed by atoms with Crippen molar-refractivity contribution < 1.29 is 14.2 Å². The maximum absolute atomic E-state index is 5.70. The summed E-state index contributed by atoms with van der Waals surface area (Å²) in [6.45, 7) is 5.33. The first-order valence-electron chi connectivity index (χ1n) is 7.07. The maximum Gasteiger partial charge on any atom is 0.231 e. The SMILES string of the molecule is CCC1OCCC1CNCc1ccc2c(c1)OCO2. The molecule has 0 radical (unpaired) electrons. The Morgan fingerprint density at radius 1 is 1.26 bits per heavy atom. The standard InChI is InChI=1S/C15H21NO3/c1-2-13-12(5-6-17-13)9-16-8-11-3-4-14-15(7-11)19-10-18-14/h3-4,7,12-13,16H,2,5-6,8-10H2,1H3. The van der Waals surface area contributed by atoms with Gasteiger partial charge in [-0.05, 0) is 36.5 Å². The zero-order valence-corrected chi connectivity index (χ0v) is 11.4. The third-order valence-corrected chi connectivity index (χ3v) is 3.92. The van der Waals surface area contributed by atoms with E-state index in [2.05, 4.69) is 24.4 Å². The molecule has 2 atom stereocenters. The van der Waals surface area contributed by atoms with Gasteiger partial charge in [-0.1, -0.05) is 13.0 Å². The highest BCUT2D eigenvalue weighted by atomic mass is 16.7. The predicted molar refractivity (Wildman–Crippen MR) is 72.4 cm³/mol. The average Bonchev–Trinajstić information content (AvgIpc) is 3.06. The predicted octanol–water partition coefficient (Wildman–Crippen LogP) is 2.32. The molecule has 0 amide bonds. The van der Waals surface area contributed by atoms with E-state index in [-0.39, 0.29) is 0 Å². The van der Waals surface area contributed by atoms with Gasteiger partial charge in [0.15, 0.2) is 11.5 Å². The van der Waals surface area contributed by atoms with Crippen molar-refractivity contribution in [2.24, 2.45) is 5.92 Å². The first kappa shape index (κ1) is 12.8. The van der Waals surface area contributed by atoms with E-state index in [4.69, 9.17) is 14.2 Å². The van der Waals surface area contributed by atoms with Crippen molar-refractivity contribution in [2.45, 2.75) is 32.4 Å². The summed E-state index contributed by atoms with van der Waals surface area (Å²) in [6.07, 6.45) is 2.72. The van der Waals surface area contributed by atoms with Gasteiger partial charge in [0.1, 0.15) is 0 Å². The van der Waals surface area contributed by atoms with Crippen LogP contribution in [0.3, 0.4) is 0 Å². The number of benzene rings is 1. The van der Waals surface area contributed by atoms with Crippen LogP contribution in [0.2, 0.25) is 0 Å². The lowest BCUT2D eigenvalue weighted by Gasteiger charge is -2.17. The van der Waals surface area contributed by atoms with Gasteiger partial charge < -0.3 is 19.5 Å². The van der Waals surface area contributed by atoms with Crippen LogP contribution in [0.1, 0.15) is 25.3 Å². The fraction of sp³-hybridized carbons (Fsp3) is 0.600. The van der Waals surface area contributed by atoms with Crippen LogP contribution in [-0.4, -0.2) is 26.0 Å². The Bertz CT molecular complexity index is 435. The lowest BCUT2D eigenvalue weighted by atomic mass is 9.99. The van der Waals surface area contributed by atoms with Crippen LogP contribution in [0.25, 0.3) is 0 Å². The average molecular weight is 263 g/mol. The molecule has 4 nitrogen and oxygen atoms in total. The van der Waals surface area contributed by atoms with Gasteiger partial charge >= 0.3 is 0 Å². The number of hydrogen-bond donors (Lipinski definition) is 1. The first-order chi connectivity index (χ1) is 9.36. The summed E-state index contributed by atoms with van der Waals surface area (Å²) in [5.74, 6) is 2.35. The number of fused-ring (bicyclic) bond motifs is 1. The van der Waals surface area contributed by atoms with Gasteiger partial charge in [0, 0.05) is 19.7 Å². The van der Waals surface area contributed by atoms with Crippen LogP contribution in [0.15, 0.2) is 18.2 Å². The van der Waals surface area contributed by atoms with Gasteiger partial charge in [-0.15, -0.1) is 0 Å². The number of rotatable bonds is 5. The molecule has 1 aromatic rings. The summed E-state index contributed by atoms with van der Waals surface area (Å²) in [7, 11) is 0. The third kappa shape index (κ3) is 2.85. The highest BCUT2D eigenvalue weighted by molar-refractivity contribution is 5.44. The molecule has 1 N–H and O–H groups in total. The normalized spacial score (nSPS) is 24.9. The zero-order valence-electron chi connectivity index (χ0n) is 11.4. The van der Waals surface area contributed by atoms with Crippen molar-refractivity contribution in [3.8, 4) is 11.5 Å². The smallest absolute Gasteiger partial charge is 0.231 e. The van der Waals surface area contributed by atoms with Gasteiger partial charge in [-0.25, -0.2) is 0 Å². The lowest BCUT2D eigenvalue weighted by molar-refractivity contribution is 0.0872. The Morgan fingerprint density at radius 2 is 2.16 bits per heavy atom. The van der Waals surface area contributed by atoms with E-state index in [0.29, 0.717) is 18.8 Å². The minimum absolute atomic E-state index is 0.337. The van der Waals surface area contributed by atoms with Gasteiger partial charge in [0.05, 0.1) is 6.10 Å². The molecule has 19 heavy (non-hydrogen) atoms. The van der Waals surface area contributed by atoms with E-state index >= 15 is 0 Å². The molecule has 4 heteroatoms. The molecule has 1 saturated heterocycles. The van der Waals surface area contributed by atoms with Crippen molar-refractivity contribution in [2.75, 3.05) is 19.9 Å². The second kappa shape index (κ2) is 5.80. The molecule has 0 saturated carbocycles. The van der Waals surface area contributed by atoms with E-state index < -0.39 is 0 Å². The Morgan fingerprint density at radius 3 is 3.05 bits per heavy atom. The molecule has 2 unspecified atom stereocenters. The quantitative estimate of drug-likeness (QED) is 0.885. The highest BCUT2D eigenvalue weighted by Gasteiger charge is 2.26. The van der Waals surface area contributed by atoms with Gasteiger partial charge in [0.2, 0.25) is 6.79 Å². The van der Waals surface area contributed by atoms with Crippen LogP contribution in [0.5, 0.6) is 11.5 Å². The number of nitrogens with one attached hydrogen (secondary N) is 1. The Labute approximate surface area is 114 Å². The molecular weight excluding hydrogens is 242 g/mol. The van der Waals surface area contributed by atoms with E-state index in [1.807, 2.05) is 6.07 Å². The molecule has 104 valence electrons. The van der Waals surface area contributed by atoms with Crippen LogP contribution in [-0.2, 0) is 11.3 Å². The first-order valence-corrected chi connectivity index (χ1v) is 7.07. The van der Waals surface area contributed by atoms with Crippen molar-refractivity contribution in [1.82, 2.24) is 5.32 Å². The van der Waals surface area contributed by atoms with Gasteiger partial charge in [-0.3, -0.25) is 0 Å². The third-order valence-electron chi connectivity index (χ3n) is 3.92. The largest absolute Gasteiger partial charge is 0.454 e. The Kier molecular flexibility index (Phi) is 3.89. The van der Waals surface area contributed by atoms with Crippen LogP contribution >= 0.6 is 0 Å². The second-order valence-electron chi connectivity index (χ2n) is 5.18. The minimum atomic E-state index is 0.337. The maximum atomic E-state index is 5.70. The summed E-state index contributed by atoms with van der Waals surface area (Å²) in [4.78, 5) is 0. The Hall–Kier alpha value is -1.26. The summed E-state index contributed by atoms with van der Waals surface area (Å²) in [5, 5.41) is 3.52. The fourth-order valence-corrected chi connectivity index (χ4v) is 2.83. The van der Waals surface area contributed by atoms with Crippen molar-refractivity contribution >= 4 is 0 Å². The molecular formula is C15H21NO3. The van der Waals surface area contributed by atoms with Crippen molar-refractivity contribution in [3.05, 3.63) is 23.8 Å². The molecule has 0 bridgehead atoms. The molecule has 3 rings (SSSR count). The highest BCUT2D eigenvalue weighted by Crippen LogP contribution is 2.32. The van der Waals surface area contributed by atoms with E-state index in [9.17, 15) is 0 Å². The zero-order chi connectivity index (χ0) is 13.1. The second-order valence-corrected chi connectivity index (χ2v) is 5.18. The summed E-state index contributed by atoms with van der Waals surface area (Å²) >= 11 is 0. The molecule has 0 spiro atoms.